The molecule has 6 fully saturated rings. The first-order chi connectivity index (χ1) is 10.2. The molecule has 1 spiro atoms. The highest BCUT2D eigenvalue weighted by molar-refractivity contribution is 5.79. The zero-order valence-electron chi connectivity index (χ0n) is 12.2. The summed E-state index contributed by atoms with van der Waals surface area (Å²) in [6, 6.07) is 2.05. The summed E-state index contributed by atoms with van der Waals surface area (Å²) in [6.45, 7) is 1.14. The fraction of sp³-hybridized carbons (Fsp3) is 0.875. The number of epoxide rings is 1. The summed E-state index contributed by atoms with van der Waals surface area (Å²) < 4.78 is 5.95. The molecule has 0 radical (unpaired) electrons. The first-order valence-corrected chi connectivity index (χ1v) is 8.28. The zero-order valence-corrected chi connectivity index (χ0v) is 12.2. The molecule has 2 heterocycles. The van der Waals surface area contributed by atoms with Crippen LogP contribution in [-0.4, -0.2) is 47.2 Å². The molecule has 5 nitrogen and oxygen atoms in total. The van der Waals surface area contributed by atoms with E-state index in [0.29, 0.717) is 18.6 Å². The van der Waals surface area contributed by atoms with E-state index in [9.17, 15) is 4.79 Å². The quantitative estimate of drug-likeness (QED) is 0.780. The number of nitriles is 1. The Bertz CT molecular complexity index is 558. The molecule has 6 rings (SSSR count). The van der Waals surface area contributed by atoms with E-state index in [4.69, 9.17) is 10.00 Å². The highest BCUT2D eigenvalue weighted by Crippen LogP contribution is 2.71. The Labute approximate surface area is 124 Å². The van der Waals surface area contributed by atoms with Gasteiger partial charge in [-0.25, -0.2) is 0 Å². The number of carbonyl (C=O) groups excluding carboxylic acids is 1. The summed E-state index contributed by atoms with van der Waals surface area (Å²) in [5.74, 6) is 1.52. The summed E-state index contributed by atoms with van der Waals surface area (Å²) in [5.41, 5.74) is 0.341. The first kappa shape index (κ1) is 12.4. The largest absolute Gasteiger partial charge is 0.366 e. The molecule has 4 bridgehead atoms. The number of ether oxygens (including phenoxy) is 1. The molecule has 21 heavy (non-hydrogen) atoms. The van der Waals surface area contributed by atoms with Gasteiger partial charge in [-0.15, -0.1) is 0 Å². The smallest absolute Gasteiger partial charge is 0.237 e. The summed E-state index contributed by atoms with van der Waals surface area (Å²) in [7, 11) is 0. The van der Waals surface area contributed by atoms with Crippen molar-refractivity contribution in [3.05, 3.63) is 0 Å². The third-order valence-corrected chi connectivity index (χ3v) is 6.70. The van der Waals surface area contributed by atoms with Crippen LogP contribution in [0.4, 0.5) is 0 Å². The number of likely N-dealkylation sites (tertiary alicyclic amines) is 1. The van der Waals surface area contributed by atoms with Gasteiger partial charge in [-0.2, -0.15) is 5.26 Å². The third kappa shape index (κ3) is 1.50. The molecule has 2 aliphatic heterocycles. The average molecular weight is 287 g/mol. The highest BCUT2D eigenvalue weighted by atomic mass is 16.6. The summed E-state index contributed by atoms with van der Waals surface area (Å²) in [5, 5.41) is 12.7. The Morgan fingerprint density at radius 1 is 1.48 bits per heavy atom. The van der Waals surface area contributed by atoms with E-state index in [-0.39, 0.29) is 23.1 Å². The van der Waals surface area contributed by atoms with Gasteiger partial charge in [0.15, 0.2) is 0 Å². The van der Waals surface area contributed by atoms with Gasteiger partial charge < -0.3 is 15.0 Å². The molecule has 6 atom stereocenters. The maximum absolute atomic E-state index is 12.4. The number of hydrogen-bond acceptors (Lipinski definition) is 4. The van der Waals surface area contributed by atoms with Crippen molar-refractivity contribution in [2.75, 3.05) is 13.1 Å². The van der Waals surface area contributed by atoms with Gasteiger partial charge in [-0.05, 0) is 44.4 Å². The lowest BCUT2D eigenvalue weighted by atomic mass is 9.79. The molecule has 2 saturated heterocycles. The Kier molecular flexibility index (Phi) is 2.25. The Morgan fingerprint density at radius 2 is 2.38 bits per heavy atom. The molecule has 0 aromatic heterocycles. The van der Waals surface area contributed by atoms with Gasteiger partial charge in [0.2, 0.25) is 5.91 Å². The molecule has 0 aromatic carbocycles. The van der Waals surface area contributed by atoms with Crippen LogP contribution in [0.1, 0.15) is 38.5 Å². The van der Waals surface area contributed by atoms with Crippen LogP contribution in [0.3, 0.4) is 0 Å². The molecule has 1 N–H and O–H groups in total. The molecular formula is C16H21N3O2. The summed E-state index contributed by atoms with van der Waals surface area (Å²) in [4.78, 5) is 14.2. The van der Waals surface area contributed by atoms with Crippen molar-refractivity contribution in [2.45, 2.75) is 61.8 Å². The lowest BCUT2D eigenvalue weighted by molar-refractivity contribution is -0.130. The number of carbonyl (C=O) groups is 1. The average Bonchev–Trinajstić information content (AvgIpc) is 2.82. The highest BCUT2D eigenvalue weighted by Gasteiger charge is 2.78. The Morgan fingerprint density at radius 3 is 3.24 bits per heavy atom. The van der Waals surface area contributed by atoms with Crippen LogP contribution >= 0.6 is 0 Å². The van der Waals surface area contributed by atoms with Gasteiger partial charge in [0.1, 0.15) is 6.04 Å². The molecule has 6 aliphatic rings. The molecule has 112 valence electrons. The number of nitrogens with zero attached hydrogens (tertiary/aromatic N) is 2. The van der Waals surface area contributed by atoms with E-state index in [1.807, 2.05) is 0 Å². The second-order valence-corrected chi connectivity index (χ2v) is 7.78. The van der Waals surface area contributed by atoms with E-state index in [1.165, 1.54) is 19.3 Å². The molecular weight excluding hydrogens is 266 g/mol. The monoisotopic (exact) mass is 287 g/mol. The van der Waals surface area contributed by atoms with Gasteiger partial charge in [0.05, 0.1) is 24.3 Å². The Hall–Kier alpha value is -1.12. The maximum atomic E-state index is 12.4. The van der Waals surface area contributed by atoms with Gasteiger partial charge in [-0.1, -0.05) is 0 Å². The first-order valence-electron chi connectivity index (χ1n) is 8.28. The SMILES string of the molecule is N#C[C@@H]1CCCN1C(=O)CNC12CC3CC1C1OC1(C3)C2. The van der Waals surface area contributed by atoms with Crippen LogP contribution in [0.15, 0.2) is 0 Å². The molecule has 1 amide bonds. The molecule has 4 saturated carbocycles. The van der Waals surface area contributed by atoms with Crippen molar-refractivity contribution in [1.29, 1.82) is 5.26 Å². The second kappa shape index (κ2) is 3.80. The van der Waals surface area contributed by atoms with Crippen LogP contribution in [0.2, 0.25) is 0 Å². The fourth-order valence-corrected chi connectivity index (χ4v) is 5.99. The van der Waals surface area contributed by atoms with Crippen molar-refractivity contribution in [1.82, 2.24) is 10.2 Å². The minimum absolute atomic E-state index is 0.103. The summed E-state index contributed by atoms with van der Waals surface area (Å²) in [6.07, 6.45) is 7.09. The lowest BCUT2D eigenvalue weighted by Crippen LogP contribution is -2.53. The van der Waals surface area contributed by atoms with Gasteiger partial charge in [0.25, 0.3) is 0 Å². The lowest BCUT2D eigenvalue weighted by Gasteiger charge is -2.36. The van der Waals surface area contributed by atoms with E-state index in [0.717, 1.165) is 31.7 Å². The standard InChI is InChI=1S/C16H21N3O2/c17-7-11-2-1-3-19(11)13(20)8-18-15-5-10-4-12(15)14-16(6-10,9-15)21-14/h10-12,14,18H,1-6,8-9H2/t10?,11-,12?,14?,15?,16?/m0/s1. The minimum Gasteiger partial charge on any atom is -0.366 e. The van der Waals surface area contributed by atoms with Crippen molar-refractivity contribution in [2.24, 2.45) is 11.8 Å². The van der Waals surface area contributed by atoms with Crippen molar-refractivity contribution in [3.8, 4) is 6.07 Å². The van der Waals surface area contributed by atoms with Gasteiger partial charge >= 0.3 is 0 Å². The third-order valence-electron chi connectivity index (χ3n) is 6.70. The minimum atomic E-state index is -0.205. The Balaban J connectivity index is 1.28. The predicted molar refractivity (Wildman–Crippen MR) is 74.1 cm³/mol. The van der Waals surface area contributed by atoms with Crippen molar-refractivity contribution < 1.29 is 9.53 Å². The van der Waals surface area contributed by atoms with E-state index >= 15 is 0 Å². The molecule has 5 unspecified atom stereocenters. The van der Waals surface area contributed by atoms with E-state index < -0.39 is 0 Å². The molecule has 0 aromatic rings. The normalized spacial score (nSPS) is 52.0. The number of amides is 1. The number of hydrogen-bond donors (Lipinski definition) is 1. The zero-order chi connectivity index (χ0) is 14.2. The van der Waals surface area contributed by atoms with E-state index in [1.54, 1.807) is 4.90 Å². The van der Waals surface area contributed by atoms with Crippen LogP contribution in [0.5, 0.6) is 0 Å². The van der Waals surface area contributed by atoms with Crippen LogP contribution in [0.25, 0.3) is 0 Å². The van der Waals surface area contributed by atoms with E-state index in [2.05, 4.69) is 11.4 Å². The van der Waals surface area contributed by atoms with Gasteiger partial charge in [-0.3, -0.25) is 4.79 Å². The number of nitrogens with one attached hydrogen (secondary N) is 1. The van der Waals surface area contributed by atoms with Crippen molar-refractivity contribution in [3.63, 3.8) is 0 Å². The van der Waals surface area contributed by atoms with Crippen LogP contribution < -0.4 is 5.32 Å². The maximum Gasteiger partial charge on any atom is 0.237 e. The van der Waals surface area contributed by atoms with Crippen molar-refractivity contribution >= 4 is 5.91 Å². The fourth-order valence-electron chi connectivity index (χ4n) is 5.99. The second-order valence-electron chi connectivity index (χ2n) is 7.78. The van der Waals surface area contributed by atoms with Crippen LogP contribution in [0, 0.1) is 23.2 Å². The summed E-state index contributed by atoms with van der Waals surface area (Å²) >= 11 is 0. The topological polar surface area (TPSA) is 68.7 Å². The molecule has 5 heteroatoms. The van der Waals surface area contributed by atoms with Gasteiger partial charge in [0, 0.05) is 18.0 Å². The van der Waals surface area contributed by atoms with Crippen LogP contribution in [-0.2, 0) is 9.53 Å². The predicted octanol–water partition coefficient (Wildman–Crippen LogP) is 0.801. The number of rotatable bonds is 3. The molecule has 4 aliphatic carbocycles.